The monoisotopic (exact) mass is 286 g/mol. The van der Waals surface area contributed by atoms with Gasteiger partial charge in [-0.1, -0.05) is 18.2 Å². The van der Waals surface area contributed by atoms with Crippen molar-refractivity contribution in [2.75, 3.05) is 0 Å². The van der Waals surface area contributed by atoms with Gasteiger partial charge in [-0.15, -0.1) is 13.2 Å². The van der Waals surface area contributed by atoms with Crippen LogP contribution in [0.5, 0.6) is 5.75 Å². The minimum Gasteiger partial charge on any atom is -0.405 e. The number of hydrogen-bond acceptors (Lipinski definition) is 3. The molecule has 3 atom stereocenters. The van der Waals surface area contributed by atoms with Crippen molar-refractivity contribution in [1.29, 1.82) is 0 Å². The van der Waals surface area contributed by atoms with E-state index in [1.54, 1.807) is 12.1 Å². The van der Waals surface area contributed by atoms with Gasteiger partial charge in [-0.2, -0.15) is 0 Å². The summed E-state index contributed by atoms with van der Waals surface area (Å²) in [7, 11) is 0. The third-order valence-electron chi connectivity index (χ3n) is 4.41. The van der Waals surface area contributed by atoms with Gasteiger partial charge in [-0.3, -0.25) is 11.3 Å². The maximum atomic E-state index is 12.5. The molecule has 3 unspecified atom stereocenters. The van der Waals surface area contributed by atoms with Crippen molar-refractivity contribution in [1.82, 2.24) is 5.43 Å². The molecule has 0 aliphatic heterocycles. The molecule has 0 heterocycles. The summed E-state index contributed by atoms with van der Waals surface area (Å²) in [6.45, 7) is 0. The maximum Gasteiger partial charge on any atom is 0.573 e. The molecule has 1 aromatic carbocycles. The molecule has 3 nitrogen and oxygen atoms in total. The normalized spacial score (nSPS) is 29.9. The summed E-state index contributed by atoms with van der Waals surface area (Å²) in [6.07, 6.45) is -1.37. The second kappa shape index (κ2) is 4.93. The van der Waals surface area contributed by atoms with Gasteiger partial charge in [0.05, 0.1) is 6.04 Å². The number of benzene rings is 1. The molecule has 2 aliphatic carbocycles. The van der Waals surface area contributed by atoms with Crippen LogP contribution < -0.4 is 16.0 Å². The zero-order valence-corrected chi connectivity index (χ0v) is 10.9. The number of rotatable bonds is 4. The molecule has 1 aromatic rings. The van der Waals surface area contributed by atoms with E-state index < -0.39 is 6.36 Å². The van der Waals surface area contributed by atoms with Crippen LogP contribution in [0.3, 0.4) is 0 Å². The highest BCUT2D eigenvalue weighted by Crippen LogP contribution is 2.57. The van der Waals surface area contributed by atoms with Crippen LogP contribution in [0.25, 0.3) is 0 Å². The second-order valence-corrected chi connectivity index (χ2v) is 5.72. The molecule has 2 fully saturated rings. The van der Waals surface area contributed by atoms with Crippen LogP contribution in [0.15, 0.2) is 24.3 Å². The summed E-state index contributed by atoms with van der Waals surface area (Å²) in [5.74, 6) is 7.19. The molecule has 0 amide bonds. The summed E-state index contributed by atoms with van der Waals surface area (Å²) in [6, 6.07) is 5.93. The van der Waals surface area contributed by atoms with Crippen LogP contribution in [-0.2, 0) is 0 Å². The van der Waals surface area contributed by atoms with E-state index in [-0.39, 0.29) is 17.7 Å². The molecule has 0 radical (unpaired) electrons. The molecule has 0 spiro atoms. The number of para-hydroxylation sites is 1. The Morgan fingerprint density at radius 3 is 2.40 bits per heavy atom. The fraction of sp³-hybridized carbons (Fsp3) is 0.571. The predicted octanol–water partition coefficient (Wildman–Crippen LogP) is 3.14. The van der Waals surface area contributed by atoms with E-state index in [4.69, 9.17) is 5.84 Å². The molecule has 2 aliphatic rings. The SMILES string of the molecule is NNC(c1ccccc1OC(F)(F)F)C1CC2CC2C1. The quantitative estimate of drug-likeness (QED) is 0.660. The fourth-order valence-electron chi connectivity index (χ4n) is 3.47. The number of nitrogens with two attached hydrogens (primary N) is 1. The van der Waals surface area contributed by atoms with Gasteiger partial charge in [0.25, 0.3) is 0 Å². The van der Waals surface area contributed by atoms with E-state index in [1.165, 1.54) is 18.6 Å². The lowest BCUT2D eigenvalue weighted by Gasteiger charge is -2.26. The minimum absolute atomic E-state index is 0.163. The van der Waals surface area contributed by atoms with Crippen molar-refractivity contribution >= 4 is 0 Å². The molecule has 20 heavy (non-hydrogen) atoms. The van der Waals surface area contributed by atoms with Gasteiger partial charge in [0.1, 0.15) is 5.75 Å². The van der Waals surface area contributed by atoms with E-state index in [2.05, 4.69) is 10.2 Å². The molecule has 6 heteroatoms. The Bertz CT molecular complexity index is 482. The van der Waals surface area contributed by atoms with E-state index in [9.17, 15) is 13.2 Å². The highest BCUT2D eigenvalue weighted by molar-refractivity contribution is 5.36. The summed E-state index contributed by atoms with van der Waals surface area (Å²) >= 11 is 0. The van der Waals surface area contributed by atoms with Crippen LogP contribution in [-0.4, -0.2) is 6.36 Å². The number of halogens is 3. The predicted molar refractivity (Wildman–Crippen MR) is 67.5 cm³/mol. The highest BCUT2D eigenvalue weighted by atomic mass is 19.4. The van der Waals surface area contributed by atoms with Crippen molar-refractivity contribution < 1.29 is 17.9 Å². The standard InChI is InChI=1S/C14H17F3N2O/c15-14(16,17)20-12-4-2-1-3-11(12)13(19-18)10-6-8-5-9(8)7-10/h1-4,8-10,13,19H,5-7,18H2. The van der Waals surface area contributed by atoms with Gasteiger partial charge in [-0.05, 0) is 43.1 Å². The Morgan fingerprint density at radius 1 is 1.15 bits per heavy atom. The Morgan fingerprint density at radius 2 is 1.80 bits per heavy atom. The van der Waals surface area contributed by atoms with Crippen LogP contribution in [0, 0.1) is 17.8 Å². The van der Waals surface area contributed by atoms with Crippen LogP contribution in [0.1, 0.15) is 30.9 Å². The molecule has 0 bridgehead atoms. The third kappa shape index (κ3) is 2.76. The first-order chi connectivity index (χ1) is 9.48. The molecule has 110 valence electrons. The Labute approximate surface area is 115 Å². The number of nitrogens with one attached hydrogen (secondary N) is 1. The maximum absolute atomic E-state index is 12.5. The lowest BCUT2D eigenvalue weighted by atomic mass is 9.89. The van der Waals surface area contributed by atoms with Crippen molar-refractivity contribution in [3.05, 3.63) is 29.8 Å². The molecular weight excluding hydrogens is 269 g/mol. The minimum atomic E-state index is -4.69. The fourth-order valence-corrected chi connectivity index (χ4v) is 3.47. The third-order valence-corrected chi connectivity index (χ3v) is 4.41. The van der Waals surface area contributed by atoms with E-state index in [0.717, 1.165) is 24.7 Å². The summed E-state index contributed by atoms with van der Waals surface area (Å²) in [5.41, 5.74) is 3.17. The molecule has 3 rings (SSSR count). The number of alkyl halides is 3. The van der Waals surface area contributed by atoms with Gasteiger partial charge < -0.3 is 4.74 Å². The summed E-state index contributed by atoms with van der Waals surface area (Å²) < 4.78 is 41.5. The first kappa shape index (κ1) is 13.7. The summed E-state index contributed by atoms with van der Waals surface area (Å²) in [5, 5.41) is 0. The van der Waals surface area contributed by atoms with Crippen molar-refractivity contribution in [3.63, 3.8) is 0 Å². The zero-order valence-electron chi connectivity index (χ0n) is 10.9. The van der Waals surface area contributed by atoms with Gasteiger partial charge in [0, 0.05) is 5.56 Å². The second-order valence-electron chi connectivity index (χ2n) is 5.72. The number of fused-ring (bicyclic) bond motifs is 1. The van der Waals surface area contributed by atoms with Gasteiger partial charge in [-0.25, -0.2) is 0 Å². The molecule has 0 saturated heterocycles. The van der Waals surface area contributed by atoms with Gasteiger partial charge in [0.2, 0.25) is 0 Å². The largest absolute Gasteiger partial charge is 0.573 e. The number of hydrazine groups is 1. The molecule has 3 N–H and O–H groups in total. The van der Waals surface area contributed by atoms with Crippen molar-refractivity contribution in [2.45, 2.75) is 31.7 Å². The molecule has 0 aromatic heterocycles. The average Bonchev–Trinajstić information content (AvgIpc) is 2.98. The lowest BCUT2D eigenvalue weighted by molar-refractivity contribution is -0.275. The highest BCUT2D eigenvalue weighted by Gasteiger charge is 2.48. The number of ether oxygens (including phenoxy) is 1. The van der Waals surface area contributed by atoms with E-state index >= 15 is 0 Å². The zero-order chi connectivity index (χ0) is 14.3. The van der Waals surface area contributed by atoms with E-state index in [1.807, 2.05) is 0 Å². The van der Waals surface area contributed by atoms with Crippen molar-refractivity contribution in [3.8, 4) is 5.75 Å². The molecular formula is C14H17F3N2O. The lowest BCUT2D eigenvalue weighted by Crippen LogP contribution is -2.34. The van der Waals surface area contributed by atoms with Crippen LogP contribution >= 0.6 is 0 Å². The van der Waals surface area contributed by atoms with E-state index in [0.29, 0.717) is 5.56 Å². The van der Waals surface area contributed by atoms with Crippen LogP contribution in [0.4, 0.5) is 13.2 Å². The Hall–Kier alpha value is -1.27. The van der Waals surface area contributed by atoms with Crippen molar-refractivity contribution in [2.24, 2.45) is 23.6 Å². The van der Waals surface area contributed by atoms with Gasteiger partial charge in [0.15, 0.2) is 0 Å². The Kier molecular flexibility index (Phi) is 3.38. The Balaban J connectivity index is 1.83. The van der Waals surface area contributed by atoms with Crippen LogP contribution in [0.2, 0.25) is 0 Å². The number of hydrogen-bond donors (Lipinski definition) is 2. The van der Waals surface area contributed by atoms with Gasteiger partial charge >= 0.3 is 6.36 Å². The first-order valence-corrected chi connectivity index (χ1v) is 6.78. The topological polar surface area (TPSA) is 47.3 Å². The summed E-state index contributed by atoms with van der Waals surface area (Å²) in [4.78, 5) is 0. The molecule has 2 saturated carbocycles. The average molecular weight is 286 g/mol. The smallest absolute Gasteiger partial charge is 0.405 e. The first-order valence-electron chi connectivity index (χ1n) is 6.78.